The SMILES string of the molecule is CCCCOc1ccc(C2C(C#N)=C(N)Oc3cc(N(CC)CC)ccc32)cc1. The predicted octanol–water partition coefficient (Wildman–Crippen LogP) is 4.93. The molecule has 1 aliphatic rings. The largest absolute Gasteiger partial charge is 0.494 e. The lowest BCUT2D eigenvalue weighted by Gasteiger charge is -2.29. The van der Waals surface area contributed by atoms with E-state index >= 15 is 0 Å². The summed E-state index contributed by atoms with van der Waals surface area (Å²) < 4.78 is 11.6. The van der Waals surface area contributed by atoms with Crippen molar-refractivity contribution < 1.29 is 9.47 Å². The molecule has 0 aliphatic carbocycles. The highest BCUT2D eigenvalue weighted by atomic mass is 16.5. The maximum atomic E-state index is 9.73. The molecule has 0 radical (unpaired) electrons. The van der Waals surface area contributed by atoms with Gasteiger partial charge < -0.3 is 20.1 Å². The van der Waals surface area contributed by atoms with Gasteiger partial charge in [0.25, 0.3) is 0 Å². The molecular weight excluding hydrogens is 362 g/mol. The summed E-state index contributed by atoms with van der Waals surface area (Å²) in [6, 6.07) is 16.3. The van der Waals surface area contributed by atoms with Gasteiger partial charge in [-0.1, -0.05) is 31.5 Å². The quantitative estimate of drug-likeness (QED) is 0.646. The van der Waals surface area contributed by atoms with Crippen LogP contribution in [0.25, 0.3) is 0 Å². The molecule has 1 atom stereocenters. The third-order valence-corrected chi connectivity index (χ3v) is 5.31. The second-order valence-electron chi connectivity index (χ2n) is 7.09. The highest BCUT2D eigenvalue weighted by Crippen LogP contribution is 2.43. The highest BCUT2D eigenvalue weighted by Gasteiger charge is 2.31. The van der Waals surface area contributed by atoms with E-state index in [1.54, 1.807) is 0 Å². The van der Waals surface area contributed by atoms with Crippen LogP contribution in [0.5, 0.6) is 11.5 Å². The number of nitrogens with two attached hydrogens (primary N) is 1. The summed E-state index contributed by atoms with van der Waals surface area (Å²) in [6.07, 6.45) is 2.13. The number of fused-ring (bicyclic) bond motifs is 1. The second-order valence-corrected chi connectivity index (χ2v) is 7.09. The van der Waals surface area contributed by atoms with E-state index in [2.05, 4.69) is 37.8 Å². The van der Waals surface area contributed by atoms with E-state index in [1.807, 2.05) is 36.4 Å². The fraction of sp³-hybridized carbons (Fsp3) is 0.375. The van der Waals surface area contributed by atoms with Gasteiger partial charge >= 0.3 is 0 Å². The van der Waals surface area contributed by atoms with Gasteiger partial charge in [0.05, 0.1) is 12.5 Å². The van der Waals surface area contributed by atoms with Crippen LogP contribution in [0.1, 0.15) is 50.7 Å². The Balaban J connectivity index is 1.96. The molecule has 5 nitrogen and oxygen atoms in total. The molecule has 2 aromatic carbocycles. The Morgan fingerprint density at radius 3 is 2.45 bits per heavy atom. The van der Waals surface area contributed by atoms with Crippen molar-refractivity contribution in [2.24, 2.45) is 5.73 Å². The van der Waals surface area contributed by atoms with Crippen LogP contribution in [-0.4, -0.2) is 19.7 Å². The van der Waals surface area contributed by atoms with Crippen molar-refractivity contribution in [1.82, 2.24) is 0 Å². The van der Waals surface area contributed by atoms with Crippen LogP contribution in [0.4, 0.5) is 5.69 Å². The molecule has 1 heterocycles. The molecular formula is C24H29N3O2. The maximum Gasteiger partial charge on any atom is 0.205 e. The predicted molar refractivity (Wildman–Crippen MR) is 116 cm³/mol. The first kappa shape index (κ1) is 20.6. The van der Waals surface area contributed by atoms with Crippen molar-refractivity contribution in [2.45, 2.75) is 39.5 Å². The van der Waals surface area contributed by atoms with Crippen LogP contribution in [0.3, 0.4) is 0 Å². The van der Waals surface area contributed by atoms with Crippen molar-refractivity contribution in [1.29, 1.82) is 5.26 Å². The summed E-state index contributed by atoms with van der Waals surface area (Å²) in [5.74, 6) is 1.46. The minimum Gasteiger partial charge on any atom is -0.494 e. The van der Waals surface area contributed by atoms with Crippen LogP contribution in [-0.2, 0) is 0 Å². The number of rotatable bonds is 8. The van der Waals surface area contributed by atoms with Crippen molar-refractivity contribution in [2.75, 3.05) is 24.6 Å². The third kappa shape index (κ3) is 4.32. The number of hydrogen-bond donors (Lipinski definition) is 1. The Labute approximate surface area is 173 Å². The van der Waals surface area contributed by atoms with Gasteiger partial charge in [-0.05, 0) is 44.0 Å². The highest BCUT2D eigenvalue weighted by molar-refractivity contribution is 5.61. The first-order valence-electron chi connectivity index (χ1n) is 10.3. The van der Waals surface area contributed by atoms with E-state index in [4.69, 9.17) is 15.2 Å². The maximum absolute atomic E-state index is 9.73. The Morgan fingerprint density at radius 2 is 1.83 bits per heavy atom. The molecule has 29 heavy (non-hydrogen) atoms. The molecule has 0 saturated carbocycles. The van der Waals surface area contributed by atoms with E-state index in [1.165, 1.54) is 0 Å². The summed E-state index contributed by atoms with van der Waals surface area (Å²) in [5, 5.41) is 9.73. The number of unbranched alkanes of at least 4 members (excludes halogenated alkanes) is 1. The number of anilines is 1. The lowest BCUT2D eigenvalue weighted by molar-refractivity contribution is 0.309. The molecule has 2 aromatic rings. The molecule has 0 aromatic heterocycles. The average Bonchev–Trinajstić information content (AvgIpc) is 2.74. The van der Waals surface area contributed by atoms with Crippen LogP contribution < -0.4 is 20.1 Å². The molecule has 1 aliphatic heterocycles. The van der Waals surface area contributed by atoms with Crippen molar-refractivity contribution in [3.63, 3.8) is 0 Å². The Hall–Kier alpha value is -3.13. The van der Waals surface area contributed by atoms with E-state index < -0.39 is 0 Å². The average molecular weight is 392 g/mol. The number of hydrogen-bond acceptors (Lipinski definition) is 5. The standard InChI is InChI=1S/C24H29N3O2/c1-4-7-14-28-19-11-8-17(9-12-19)23-20-13-10-18(27(5-2)6-3)15-22(20)29-24(26)21(23)16-25/h8-13,15,23H,4-7,14,26H2,1-3H3. The fourth-order valence-electron chi connectivity index (χ4n) is 3.66. The zero-order valence-electron chi connectivity index (χ0n) is 17.4. The first-order chi connectivity index (χ1) is 14.1. The van der Waals surface area contributed by atoms with Gasteiger partial charge in [0, 0.05) is 30.4 Å². The van der Waals surface area contributed by atoms with E-state index in [0.29, 0.717) is 17.9 Å². The molecule has 0 spiro atoms. The lowest BCUT2D eigenvalue weighted by atomic mass is 9.83. The van der Waals surface area contributed by atoms with E-state index in [-0.39, 0.29) is 11.8 Å². The second kappa shape index (κ2) is 9.38. The minimum absolute atomic E-state index is 0.171. The Kier molecular flexibility index (Phi) is 6.66. The monoisotopic (exact) mass is 391 g/mol. The van der Waals surface area contributed by atoms with Crippen molar-refractivity contribution >= 4 is 5.69 Å². The van der Waals surface area contributed by atoms with Crippen LogP contribution >= 0.6 is 0 Å². The fourth-order valence-corrected chi connectivity index (χ4v) is 3.66. The molecule has 3 rings (SSSR count). The third-order valence-electron chi connectivity index (χ3n) is 5.31. The van der Waals surface area contributed by atoms with Gasteiger partial charge in [-0.25, -0.2) is 0 Å². The molecule has 2 N–H and O–H groups in total. The molecule has 5 heteroatoms. The molecule has 1 unspecified atom stereocenters. The normalized spacial score (nSPS) is 15.3. The Morgan fingerprint density at radius 1 is 1.10 bits per heavy atom. The summed E-state index contributed by atoms with van der Waals surface area (Å²) in [7, 11) is 0. The van der Waals surface area contributed by atoms with Crippen molar-refractivity contribution in [3.05, 3.63) is 65.0 Å². The van der Waals surface area contributed by atoms with Crippen LogP contribution in [0, 0.1) is 11.3 Å². The van der Waals surface area contributed by atoms with Crippen LogP contribution in [0.15, 0.2) is 53.9 Å². The van der Waals surface area contributed by atoms with E-state index in [9.17, 15) is 5.26 Å². The molecule has 0 amide bonds. The van der Waals surface area contributed by atoms with Gasteiger partial charge in [0.1, 0.15) is 23.1 Å². The molecule has 0 saturated heterocycles. The number of ether oxygens (including phenoxy) is 2. The number of nitriles is 1. The number of benzene rings is 2. The van der Waals surface area contributed by atoms with Gasteiger partial charge in [0.15, 0.2) is 0 Å². The topological polar surface area (TPSA) is 71.5 Å². The number of allylic oxidation sites excluding steroid dienone is 1. The summed E-state index contributed by atoms with van der Waals surface area (Å²) >= 11 is 0. The smallest absolute Gasteiger partial charge is 0.205 e. The van der Waals surface area contributed by atoms with E-state index in [0.717, 1.165) is 48.5 Å². The summed E-state index contributed by atoms with van der Waals surface area (Å²) in [5.41, 5.74) is 9.60. The van der Waals surface area contributed by atoms with Crippen LogP contribution in [0.2, 0.25) is 0 Å². The van der Waals surface area contributed by atoms with Gasteiger partial charge in [-0.15, -0.1) is 0 Å². The van der Waals surface area contributed by atoms with Gasteiger partial charge in [-0.2, -0.15) is 5.26 Å². The molecule has 152 valence electrons. The van der Waals surface area contributed by atoms with Crippen molar-refractivity contribution in [3.8, 4) is 17.6 Å². The minimum atomic E-state index is -0.251. The summed E-state index contributed by atoms with van der Waals surface area (Å²) in [6.45, 7) is 8.92. The number of nitrogens with zero attached hydrogens (tertiary/aromatic N) is 2. The Bertz CT molecular complexity index is 909. The van der Waals surface area contributed by atoms with Gasteiger partial charge in [0.2, 0.25) is 5.88 Å². The zero-order chi connectivity index (χ0) is 20.8. The summed E-state index contributed by atoms with van der Waals surface area (Å²) in [4.78, 5) is 2.25. The first-order valence-corrected chi connectivity index (χ1v) is 10.3. The molecule has 0 fully saturated rings. The molecule has 0 bridgehead atoms. The zero-order valence-corrected chi connectivity index (χ0v) is 17.4. The van der Waals surface area contributed by atoms with Gasteiger partial charge in [-0.3, -0.25) is 0 Å². The lowest BCUT2D eigenvalue weighted by Crippen LogP contribution is -2.24.